The number of rotatable bonds is 7. The monoisotopic (exact) mass is 290 g/mol. The minimum absolute atomic E-state index is 0.118. The first-order valence-corrected chi connectivity index (χ1v) is 6.68. The highest BCUT2D eigenvalue weighted by Crippen LogP contribution is 2.10. The molecule has 0 aromatic carbocycles. The van der Waals surface area contributed by atoms with E-state index in [1.807, 2.05) is 6.07 Å². The van der Waals surface area contributed by atoms with Gasteiger partial charge in [-0.05, 0) is 18.6 Å². The molecule has 2 aromatic heterocycles. The Hall–Kier alpha value is -2.28. The summed E-state index contributed by atoms with van der Waals surface area (Å²) in [5.74, 6) is 0.841. The second-order valence-electron chi connectivity index (χ2n) is 4.62. The van der Waals surface area contributed by atoms with E-state index < -0.39 is 0 Å². The number of carbonyl (C=O) groups excluding carboxylic acids is 1. The fraction of sp³-hybridized carbons (Fsp3) is 0.429. The molecule has 1 atom stereocenters. The smallest absolute Gasteiger partial charge is 0.248 e. The van der Waals surface area contributed by atoms with Crippen molar-refractivity contribution in [2.75, 3.05) is 13.7 Å². The molecule has 0 aliphatic rings. The van der Waals surface area contributed by atoms with Crippen molar-refractivity contribution in [2.45, 2.75) is 25.8 Å². The molecule has 0 bridgehead atoms. The number of pyridine rings is 1. The van der Waals surface area contributed by atoms with Crippen LogP contribution in [-0.4, -0.2) is 34.7 Å². The van der Waals surface area contributed by atoms with Gasteiger partial charge in [0.2, 0.25) is 11.8 Å². The molecule has 2 aromatic rings. The van der Waals surface area contributed by atoms with Gasteiger partial charge in [-0.25, -0.2) is 0 Å². The van der Waals surface area contributed by atoms with Gasteiger partial charge in [-0.15, -0.1) is 0 Å². The van der Waals surface area contributed by atoms with E-state index in [4.69, 9.17) is 9.26 Å². The van der Waals surface area contributed by atoms with Crippen LogP contribution in [-0.2, 0) is 22.4 Å². The normalized spacial score (nSPS) is 12.1. The molecular weight excluding hydrogens is 272 g/mol. The third-order valence-corrected chi connectivity index (χ3v) is 2.85. The Bertz CT molecular complexity index is 571. The average molecular weight is 290 g/mol. The molecule has 2 heterocycles. The van der Waals surface area contributed by atoms with Gasteiger partial charge in [0.1, 0.15) is 6.04 Å². The van der Waals surface area contributed by atoms with Gasteiger partial charge < -0.3 is 14.6 Å². The van der Waals surface area contributed by atoms with Gasteiger partial charge in [-0.2, -0.15) is 4.98 Å². The molecule has 1 N–H and O–H groups in total. The van der Waals surface area contributed by atoms with E-state index in [-0.39, 0.29) is 18.4 Å². The molecule has 1 amide bonds. The quantitative estimate of drug-likeness (QED) is 0.820. The maximum Gasteiger partial charge on any atom is 0.248 e. The van der Waals surface area contributed by atoms with Gasteiger partial charge in [-0.1, -0.05) is 11.2 Å². The van der Waals surface area contributed by atoms with Crippen LogP contribution in [0.1, 0.15) is 30.2 Å². The summed E-state index contributed by atoms with van der Waals surface area (Å²) in [6.45, 7) is 2.33. The number of aromatic nitrogens is 3. The summed E-state index contributed by atoms with van der Waals surface area (Å²) in [4.78, 5) is 20.1. The van der Waals surface area contributed by atoms with Crippen LogP contribution in [0.25, 0.3) is 0 Å². The summed E-state index contributed by atoms with van der Waals surface area (Å²) >= 11 is 0. The number of carbonyl (C=O) groups is 1. The van der Waals surface area contributed by atoms with Crippen LogP contribution in [0.15, 0.2) is 29.0 Å². The molecule has 0 aliphatic carbocycles. The maximum atomic E-state index is 11.9. The number of nitrogens with zero attached hydrogens (tertiary/aromatic N) is 3. The maximum absolute atomic E-state index is 11.9. The predicted molar refractivity (Wildman–Crippen MR) is 74.4 cm³/mol. The molecular formula is C14H18N4O3. The molecule has 1 unspecified atom stereocenters. The third kappa shape index (κ3) is 4.64. The number of methoxy groups -OCH3 is 1. The Morgan fingerprint density at radius 2 is 2.38 bits per heavy atom. The SMILES string of the molecule is COCCc1noc(C(C)NC(=O)Cc2cccnc2)n1. The summed E-state index contributed by atoms with van der Waals surface area (Å²) in [7, 11) is 1.61. The van der Waals surface area contributed by atoms with Crippen molar-refractivity contribution < 1.29 is 14.1 Å². The molecule has 2 rings (SSSR count). The second-order valence-corrected chi connectivity index (χ2v) is 4.62. The van der Waals surface area contributed by atoms with E-state index in [0.717, 1.165) is 5.56 Å². The molecule has 0 saturated carbocycles. The topological polar surface area (TPSA) is 90.1 Å². The molecule has 0 fully saturated rings. The Kier molecular flexibility index (Phi) is 5.39. The van der Waals surface area contributed by atoms with Crippen molar-refractivity contribution in [2.24, 2.45) is 0 Å². The lowest BCUT2D eigenvalue weighted by Gasteiger charge is -2.09. The number of amides is 1. The predicted octanol–water partition coefficient (Wildman–Crippen LogP) is 1.07. The summed E-state index contributed by atoms with van der Waals surface area (Å²) in [6.07, 6.45) is 4.18. The van der Waals surface area contributed by atoms with E-state index in [9.17, 15) is 4.79 Å². The van der Waals surface area contributed by atoms with Crippen molar-refractivity contribution >= 4 is 5.91 Å². The first-order valence-electron chi connectivity index (χ1n) is 6.68. The van der Waals surface area contributed by atoms with E-state index in [1.165, 1.54) is 0 Å². The van der Waals surface area contributed by atoms with Gasteiger partial charge >= 0.3 is 0 Å². The summed E-state index contributed by atoms with van der Waals surface area (Å²) < 4.78 is 10.1. The Morgan fingerprint density at radius 3 is 3.10 bits per heavy atom. The molecule has 21 heavy (non-hydrogen) atoms. The Morgan fingerprint density at radius 1 is 1.52 bits per heavy atom. The first kappa shape index (κ1) is 15.1. The van der Waals surface area contributed by atoms with Crippen LogP contribution in [0.2, 0.25) is 0 Å². The molecule has 7 heteroatoms. The lowest BCUT2D eigenvalue weighted by atomic mass is 10.2. The van der Waals surface area contributed by atoms with Crippen molar-refractivity contribution in [1.82, 2.24) is 20.4 Å². The van der Waals surface area contributed by atoms with Crippen LogP contribution in [0.5, 0.6) is 0 Å². The van der Waals surface area contributed by atoms with E-state index in [2.05, 4.69) is 20.4 Å². The molecule has 0 aliphatic heterocycles. The highest BCUT2D eigenvalue weighted by molar-refractivity contribution is 5.78. The Balaban J connectivity index is 1.87. The van der Waals surface area contributed by atoms with Gasteiger partial charge in [0.25, 0.3) is 0 Å². The minimum Gasteiger partial charge on any atom is -0.384 e. The second kappa shape index (κ2) is 7.49. The largest absolute Gasteiger partial charge is 0.384 e. The summed E-state index contributed by atoms with van der Waals surface area (Å²) in [6, 6.07) is 3.32. The van der Waals surface area contributed by atoms with Gasteiger partial charge in [0.15, 0.2) is 5.82 Å². The van der Waals surface area contributed by atoms with Gasteiger partial charge in [0.05, 0.1) is 13.0 Å². The van der Waals surface area contributed by atoms with Crippen LogP contribution >= 0.6 is 0 Å². The van der Waals surface area contributed by atoms with Crippen LogP contribution in [0.3, 0.4) is 0 Å². The molecule has 112 valence electrons. The summed E-state index contributed by atoms with van der Waals surface area (Å²) in [5, 5.41) is 6.66. The first-order chi connectivity index (χ1) is 10.2. The van der Waals surface area contributed by atoms with E-state index >= 15 is 0 Å². The van der Waals surface area contributed by atoms with E-state index in [1.54, 1.807) is 32.5 Å². The molecule has 0 saturated heterocycles. The lowest BCUT2D eigenvalue weighted by molar-refractivity contribution is -0.121. The number of hydrogen-bond donors (Lipinski definition) is 1. The van der Waals surface area contributed by atoms with Crippen LogP contribution < -0.4 is 5.32 Å². The van der Waals surface area contributed by atoms with Crippen molar-refractivity contribution in [3.63, 3.8) is 0 Å². The standard InChI is InChI=1S/C14H18N4O3/c1-10(14-17-12(18-21-14)5-7-20-2)16-13(19)8-11-4-3-6-15-9-11/h3-4,6,9-10H,5,7-8H2,1-2H3,(H,16,19). The average Bonchev–Trinajstić information content (AvgIpc) is 2.95. The molecule has 0 radical (unpaired) electrons. The van der Waals surface area contributed by atoms with Crippen molar-refractivity contribution in [3.8, 4) is 0 Å². The minimum atomic E-state index is -0.335. The fourth-order valence-electron chi connectivity index (χ4n) is 1.78. The Labute approximate surface area is 122 Å². The van der Waals surface area contributed by atoms with Crippen molar-refractivity contribution in [3.05, 3.63) is 41.8 Å². The van der Waals surface area contributed by atoms with Crippen LogP contribution in [0.4, 0.5) is 0 Å². The highest BCUT2D eigenvalue weighted by atomic mass is 16.5. The lowest BCUT2D eigenvalue weighted by Crippen LogP contribution is -2.28. The highest BCUT2D eigenvalue weighted by Gasteiger charge is 2.16. The zero-order chi connectivity index (χ0) is 15.1. The zero-order valence-corrected chi connectivity index (χ0v) is 12.1. The van der Waals surface area contributed by atoms with Gasteiger partial charge in [0, 0.05) is 25.9 Å². The van der Waals surface area contributed by atoms with Crippen LogP contribution in [0, 0.1) is 0 Å². The van der Waals surface area contributed by atoms with Crippen molar-refractivity contribution in [1.29, 1.82) is 0 Å². The number of nitrogens with one attached hydrogen (secondary N) is 1. The molecule has 0 spiro atoms. The number of ether oxygens (including phenoxy) is 1. The number of hydrogen-bond acceptors (Lipinski definition) is 6. The third-order valence-electron chi connectivity index (χ3n) is 2.85. The van der Waals surface area contributed by atoms with E-state index in [0.29, 0.717) is 24.7 Å². The zero-order valence-electron chi connectivity index (χ0n) is 12.1. The fourth-order valence-corrected chi connectivity index (χ4v) is 1.78. The van der Waals surface area contributed by atoms with Gasteiger partial charge in [-0.3, -0.25) is 9.78 Å². The molecule has 7 nitrogen and oxygen atoms in total. The summed E-state index contributed by atoms with van der Waals surface area (Å²) in [5.41, 5.74) is 0.855.